The van der Waals surface area contributed by atoms with Crippen LogP contribution in [0.2, 0.25) is 0 Å². The summed E-state index contributed by atoms with van der Waals surface area (Å²) in [7, 11) is 1.64. The zero-order chi connectivity index (χ0) is 12.6. The number of benzene rings is 1. The molecule has 0 aromatic heterocycles. The van der Waals surface area contributed by atoms with Crippen molar-refractivity contribution in [1.82, 2.24) is 0 Å². The molecule has 2 nitrogen and oxygen atoms in total. The van der Waals surface area contributed by atoms with Crippen LogP contribution in [0.5, 0.6) is 5.75 Å². The molecule has 0 aliphatic heterocycles. The molecule has 0 unspecified atom stereocenters. The highest BCUT2D eigenvalue weighted by Crippen LogP contribution is 2.38. The molecule has 1 aliphatic rings. The fraction of sp³-hybridized carbons (Fsp3) is 0.571. The Hall–Kier alpha value is -1.09. The highest BCUT2D eigenvalue weighted by molar-refractivity contribution is 5.46. The van der Waals surface area contributed by atoms with Crippen LogP contribution in [-0.2, 0) is 6.42 Å². The van der Waals surface area contributed by atoms with Crippen molar-refractivity contribution in [3.63, 3.8) is 0 Å². The van der Waals surface area contributed by atoms with Crippen LogP contribution in [0.25, 0.3) is 0 Å². The molecule has 2 rings (SSSR count). The minimum absolute atomic E-state index is 0.00231. The van der Waals surface area contributed by atoms with E-state index in [1.165, 1.54) is 6.07 Å². The quantitative estimate of drug-likeness (QED) is 0.874. The van der Waals surface area contributed by atoms with Crippen molar-refractivity contribution in [2.75, 3.05) is 7.11 Å². The molecule has 1 aromatic carbocycles. The summed E-state index contributed by atoms with van der Waals surface area (Å²) < 4.78 is 19.1. The molecule has 0 atom stereocenters. The van der Waals surface area contributed by atoms with Crippen molar-refractivity contribution in [2.45, 2.75) is 45.1 Å². The average molecular weight is 237 g/mol. The number of halogens is 1. The lowest BCUT2D eigenvalue weighted by molar-refractivity contribution is 0.402. The van der Waals surface area contributed by atoms with Gasteiger partial charge >= 0.3 is 0 Å². The van der Waals surface area contributed by atoms with Crippen molar-refractivity contribution in [1.29, 1.82) is 0 Å². The van der Waals surface area contributed by atoms with Crippen LogP contribution < -0.4 is 10.5 Å². The van der Waals surface area contributed by atoms with Gasteiger partial charge in [0.2, 0.25) is 0 Å². The van der Waals surface area contributed by atoms with Crippen molar-refractivity contribution >= 4 is 0 Å². The summed E-state index contributed by atoms with van der Waals surface area (Å²) in [5, 5.41) is 0. The third-order valence-electron chi connectivity index (χ3n) is 3.76. The van der Waals surface area contributed by atoms with E-state index in [-0.39, 0.29) is 11.4 Å². The first-order chi connectivity index (χ1) is 7.97. The number of methoxy groups -OCH3 is 1. The predicted octanol–water partition coefficient (Wildman–Crippen LogP) is 2.88. The van der Waals surface area contributed by atoms with Gasteiger partial charge in [-0.05, 0) is 56.7 Å². The standard InChI is InChI=1S/C14H20FNO/c1-9-8-12(15)10(2)11(13(9)17-3)4-5-14(16)6-7-14/h8H,4-7,16H2,1-3H3. The van der Waals surface area contributed by atoms with Crippen LogP contribution in [0, 0.1) is 19.7 Å². The van der Waals surface area contributed by atoms with Crippen molar-refractivity contribution in [3.05, 3.63) is 28.6 Å². The Labute approximate surface area is 102 Å². The lowest BCUT2D eigenvalue weighted by atomic mass is 9.96. The van der Waals surface area contributed by atoms with E-state index in [1.54, 1.807) is 7.11 Å². The molecule has 1 fully saturated rings. The van der Waals surface area contributed by atoms with E-state index in [4.69, 9.17) is 10.5 Å². The summed E-state index contributed by atoms with van der Waals surface area (Å²) in [4.78, 5) is 0. The average Bonchev–Trinajstić information content (AvgIpc) is 3.00. The fourth-order valence-corrected chi connectivity index (χ4v) is 2.29. The van der Waals surface area contributed by atoms with Crippen LogP contribution in [0.15, 0.2) is 6.07 Å². The number of rotatable bonds is 4. The molecule has 1 saturated carbocycles. The first kappa shape index (κ1) is 12.4. The first-order valence-electron chi connectivity index (χ1n) is 6.08. The highest BCUT2D eigenvalue weighted by atomic mass is 19.1. The van der Waals surface area contributed by atoms with Crippen molar-refractivity contribution in [3.8, 4) is 5.75 Å². The van der Waals surface area contributed by atoms with Crippen molar-refractivity contribution in [2.24, 2.45) is 5.73 Å². The van der Waals surface area contributed by atoms with E-state index >= 15 is 0 Å². The highest BCUT2D eigenvalue weighted by Gasteiger charge is 2.37. The number of hydrogen-bond donors (Lipinski definition) is 1. The summed E-state index contributed by atoms with van der Waals surface area (Å²) in [6, 6.07) is 1.53. The van der Waals surface area contributed by atoms with E-state index in [1.807, 2.05) is 13.8 Å². The molecule has 0 amide bonds. The summed E-state index contributed by atoms with van der Waals surface area (Å²) in [5.41, 5.74) is 8.59. The van der Waals surface area contributed by atoms with Crippen LogP contribution in [-0.4, -0.2) is 12.6 Å². The van der Waals surface area contributed by atoms with Crippen molar-refractivity contribution < 1.29 is 9.13 Å². The molecule has 3 heteroatoms. The molecule has 94 valence electrons. The summed E-state index contributed by atoms with van der Waals surface area (Å²) in [6.45, 7) is 3.68. The number of aryl methyl sites for hydroxylation is 1. The molecule has 0 spiro atoms. The fourth-order valence-electron chi connectivity index (χ4n) is 2.29. The Morgan fingerprint density at radius 3 is 2.59 bits per heavy atom. The Bertz CT molecular complexity index is 438. The smallest absolute Gasteiger partial charge is 0.126 e. The van der Waals surface area contributed by atoms with E-state index in [0.29, 0.717) is 5.56 Å². The Balaban J connectivity index is 2.29. The van der Waals surface area contributed by atoms with Gasteiger partial charge in [0.05, 0.1) is 7.11 Å². The number of nitrogens with two attached hydrogens (primary N) is 1. The molecular formula is C14H20FNO. The molecule has 2 N–H and O–H groups in total. The molecule has 17 heavy (non-hydrogen) atoms. The van der Waals surface area contributed by atoms with Crippen LogP contribution in [0.4, 0.5) is 4.39 Å². The van der Waals surface area contributed by atoms with Gasteiger partial charge in [-0.1, -0.05) is 0 Å². The Morgan fingerprint density at radius 2 is 2.06 bits per heavy atom. The lowest BCUT2D eigenvalue weighted by Gasteiger charge is -2.16. The Morgan fingerprint density at radius 1 is 1.41 bits per heavy atom. The molecule has 0 radical (unpaired) electrons. The Kier molecular flexibility index (Phi) is 3.13. The van der Waals surface area contributed by atoms with E-state index in [0.717, 1.165) is 42.6 Å². The molecule has 1 aliphatic carbocycles. The first-order valence-corrected chi connectivity index (χ1v) is 6.08. The van der Waals surface area contributed by atoms with Gasteiger partial charge in [0.15, 0.2) is 0 Å². The molecule has 1 aromatic rings. The minimum Gasteiger partial charge on any atom is -0.496 e. The second kappa shape index (κ2) is 4.30. The summed E-state index contributed by atoms with van der Waals surface area (Å²) in [5.74, 6) is 0.660. The van der Waals surface area contributed by atoms with E-state index < -0.39 is 0 Å². The molecular weight excluding hydrogens is 217 g/mol. The SMILES string of the molecule is COc1c(C)cc(F)c(C)c1CCC1(N)CC1. The summed E-state index contributed by atoms with van der Waals surface area (Å²) in [6.07, 6.45) is 3.88. The second-order valence-corrected chi connectivity index (χ2v) is 5.17. The van der Waals surface area contributed by atoms with E-state index in [2.05, 4.69) is 0 Å². The number of ether oxygens (including phenoxy) is 1. The summed E-state index contributed by atoms with van der Waals surface area (Å²) >= 11 is 0. The normalized spacial score (nSPS) is 17.0. The molecule has 0 bridgehead atoms. The van der Waals surface area contributed by atoms with Gasteiger partial charge in [-0.2, -0.15) is 0 Å². The van der Waals surface area contributed by atoms with Gasteiger partial charge < -0.3 is 10.5 Å². The zero-order valence-corrected chi connectivity index (χ0v) is 10.8. The minimum atomic E-state index is -0.153. The van der Waals surface area contributed by atoms with Gasteiger partial charge in [-0.15, -0.1) is 0 Å². The molecule has 0 saturated heterocycles. The van der Waals surface area contributed by atoms with Gasteiger partial charge in [-0.25, -0.2) is 4.39 Å². The van der Waals surface area contributed by atoms with Gasteiger partial charge in [0.25, 0.3) is 0 Å². The van der Waals surface area contributed by atoms with Crippen LogP contribution in [0.3, 0.4) is 0 Å². The van der Waals surface area contributed by atoms with Crippen LogP contribution >= 0.6 is 0 Å². The third kappa shape index (κ3) is 2.44. The second-order valence-electron chi connectivity index (χ2n) is 5.17. The van der Waals surface area contributed by atoms with Gasteiger partial charge in [0, 0.05) is 11.1 Å². The predicted molar refractivity (Wildman–Crippen MR) is 66.9 cm³/mol. The maximum Gasteiger partial charge on any atom is 0.126 e. The van der Waals surface area contributed by atoms with Crippen LogP contribution in [0.1, 0.15) is 36.0 Å². The van der Waals surface area contributed by atoms with Gasteiger partial charge in [0.1, 0.15) is 11.6 Å². The van der Waals surface area contributed by atoms with Gasteiger partial charge in [-0.3, -0.25) is 0 Å². The largest absolute Gasteiger partial charge is 0.496 e. The zero-order valence-electron chi connectivity index (χ0n) is 10.8. The van der Waals surface area contributed by atoms with E-state index in [9.17, 15) is 4.39 Å². The number of hydrogen-bond acceptors (Lipinski definition) is 2. The maximum absolute atomic E-state index is 13.7. The molecule has 0 heterocycles. The topological polar surface area (TPSA) is 35.2 Å². The lowest BCUT2D eigenvalue weighted by Crippen LogP contribution is -2.22. The maximum atomic E-state index is 13.7. The monoisotopic (exact) mass is 237 g/mol. The third-order valence-corrected chi connectivity index (χ3v) is 3.76.